The Bertz CT molecular complexity index is 1290. The normalized spacial score (nSPS) is 11.3. The summed E-state index contributed by atoms with van der Waals surface area (Å²) in [5.41, 5.74) is 3.64. The van der Waals surface area contributed by atoms with Gasteiger partial charge >= 0.3 is 5.97 Å². The number of thiophene rings is 1. The lowest BCUT2D eigenvalue weighted by Crippen LogP contribution is -2.10. The molecule has 0 atom stereocenters. The average molecular weight is 417 g/mol. The van der Waals surface area contributed by atoms with Crippen LogP contribution in [0, 0.1) is 6.92 Å². The van der Waals surface area contributed by atoms with Crippen LogP contribution in [0.25, 0.3) is 33.5 Å². The van der Waals surface area contributed by atoms with E-state index in [9.17, 15) is 9.59 Å². The summed E-state index contributed by atoms with van der Waals surface area (Å²) >= 11 is 1.18. The Morgan fingerprint density at radius 3 is 2.47 bits per heavy atom. The van der Waals surface area contributed by atoms with Crippen molar-refractivity contribution < 1.29 is 9.53 Å². The maximum absolute atomic E-state index is 12.6. The highest BCUT2D eigenvalue weighted by molar-refractivity contribution is 7.20. The predicted octanol–water partition coefficient (Wildman–Crippen LogP) is 5.31. The fourth-order valence-electron chi connectivity index (χ4n) is 3.22. The first kappa shape index (κ1) is 19.8. The SMILES string of the molecule is CCOC(=O)c1sc2nc(C=Cc3ccc(-c4ccccc4)cc3)[nH]c(=O)c2c1C. The van der Waals surface area contributed by atoms with Gasteiger partial charge in [-0.3, -0.25) is 4.79 Å². The van der Waals surface area contributed by atoms with Gasteiger partial charge in [-0.25, -0.2) is 9.78 Å². The standard InChI is InChI=1S/C24H20N2O3S/c1-3-29-24(28)21-15(2)20-22(27)25-19(26-23(20)30-21)14-11-16-9-12-18(13-10-16)17-7-5-4-6-8-17/h4-14H,3H2,1-2H3,(H,25,26,27). The number of rotatable bonds is 5. The number of nitrogens with one attached hydrogen (secondary N) is 1. The molecule has 2 heterocycles. The van der Waals surface area contributed by atoms with Crippen LogP contribution in [0.5, 0.6) is 0 Å². The van der Waals surface area contributed by atoms with E-state index < -0.39 is 5.97 Å². The van der Waals surface area contributed by atoms with Gasteiger partial charge in [-0.15, -0.1) is 11.3 Å². The van der Waals surface area contributed by atoms with E-state index in [0.717, 1.165) is 16.7 Å². The molecule has 4 rings (SSSR count). The number of benzene rings is 2. The summed E-state index contributed by atoms with van der Waals surface area (Å²) in [5.74, 6) is 0.0179. The van der Waals surface area contributed by atoms with Crippen LogP contribution in [0.15, 0.2) is 59.4 Å². The zero-order valence-corrected chi connectivity index (χ0v) is 17.5. The van der Waals surface area contributed by atoms with Crippen LogP contribution in [-0.4, -0.2) is 22.5 Å². The quantitative estimate of drug-likeness (QED) is 0.448. The highest BCUT2D eigenvalue weighted by Gasteiger charge is 2.19. The number of ether oxygens (including phenoxy) is 1. The van der Waals surface area contributed by atoms with Crippen LogP contribution < -0.4 is 5.56 Å². The van der Waals surface area contributed by atoms with Crippen LogP contribution in [0.2, 0.25) is 0 Å². The molecule has 6 heteroatoms. The average Bonchev–Trinajstić information content (AvgIpc) is 3.10. The molecule has 0 unspecified atom stereocenters. The first-order valence-corrected chi connectivity index (χ1v) is 10.4. The Balaban J connectivity index is 1.61. The molecule has 30 heavy (non-hydrogen) atoms. The molecule has 150 valence electrons. The molecule has 0 radical (unpaired) electrons. The van der Waals surface area contributed by atoms with Crippen molar-refractivity contribution in [2.24, 2.45) is 0 Å². The zero-order chi connectivity index (χ0) is 21.1. The van der Waals surface area contributed by atoms with E-state index in [2.05, 4.69) is 34.2 Å². The van der Waals surface area contributed by atoms with Crippen LogP contribution >= 0.6 is 11.3 Å². The monoisotopic (exact) mass is 416 g/mol. The number of aromatic amines is 1. The van der Waals surface area contributed by atoms with Gasteiger partial charge in [-0.1, -0.05) is 60.7 Å². The fraction of sp³-hybridized carbons (Fsp3) is 0.125. The molecule has 0 aliphatic heterocycles. The molecular weight excluding hydrogens is 396 g/mol. The van der Waals surface area contributed by atoms with Gasteiger partial charge in [-0.2, -0.15) is 0 Å². The number of nitrogens with zero attached hydrogens (tertiary/aromatic N) is 1. The van der Waals surface area contributed by atoms with Crippen LogP contribution in [-0.2, 0) is 4.74 Å². The lowest BCUT2D eigenvalue weighted by atomic mass is 10.0. The molecule has 0 saturated carbocycles. The number of esters is 1. The molecule has 0 bridgehead atoms. The summed E-state index contributed by atoms with van der Waals surface area (Å²) in [5, 5.41) is 0.437. The molecule has 0 spiro atoms. The minimum atomic E-state index is -0.423. The van der Waals surface area contributed by atoms with E-state index in [1.165, 1.54) is 11.3 Å². The third kappa shape index (κ3) is 3.95. The highest BCUT2D eigenvalue weighted by Crippen LogP contribution is 2.28. The Morgan fingerprint density at radius 1 is 1.07 bits per heavy atom. The van der Waals surface area contributed by atoms with Crippen LogP contribution in [0.4, 0.5) is 0 Å². The van der Waals surface area contributed by atoms with Gasteiger partial charge in [0.2, 0.25) is 0 Å². The zero-order valence-electron chi connectivity index (χ0n) is 16.6. The lowest BCUT2D eigenvalue weighted by Gasteiger charge is -2.02. The summed E-state index contributed by atoms with van der Waals surface area (Å²) < 4.78 is 5.07. The van der Waals surface area contributed by atoms with Gasteiger partial charge in [0.1, 0.15) is 15.5 Å². The van der Waals surface area contributed by atoms with Crippen molar-refractivity contribution >= 4 is 39.7 Å². The Hall–Kier alpha value is -3.51. The van der Waals surface area contributed by atoms with Crippen molar-refractivity contribution in [3.63, 3.8) is 0 Å². The molecular formula is C24H20N2O3S. The smallest absolute Gasteiger partial charge is 0.348 e. The van der Waals surface area contributed by atoms with Crippen molar-refractivity contribution in [3.8, 4) is 11.1 Å². The first-order chi connectivity index (χ1) is 14.6. The molecule has 5 nitrogen and oxygen atoms in total. The molecule has 0 aliphatic carbocycles. The number of carbonyl (C=O) groups excluding carboxylic acids is 1. The first-order valence-electron chi connectivity index (χ1n) is 9.61. The summed E-state index contributed by atoms with van der Waals surface area (Å²) in [6, 6.07) is 18.3. The van der Waals surface area contributed by atoms with E-state index in [0.29, 0.717) is 26.5 Å². The maximum atomic E-state index is 12.6. The van der Waals surface area contributed by atoms with Crippen molar-refractivity contribution in [3.05, 3.63) is 86.8 Å². The van der Waals surface area contributed by atoms with Gasteiger partial charge in [-0.05, 0) is 42.2 Å². The van der Waals surface area contributed by atoms with Crippen LogP contribution in [0.3, 0.4) is 0 Å². The minimum Gasteiger partial charge on any atom is -0.462 e. The van der Waals surface area contributed by atoms with Gasteiger partial charge in [0.25, 0.3) is 5.56 Å². The van der Waals surface area contributed by atoms with E-state index in [4.69, 9.17) is 4.74 Å². The molecule has 2 aromatic heterocycles. The van der Waals surface area contributed by atoms with Gasteiger partial charge in [0.05, 0.1) is 12.0 Å². The number of aromatic nitrogens is 2. The predicted molar refractivity (Wildman–Crippen MR) is 122 cm³/mol. The van der Waals surface area contributed by atoms with E-state index in [1.54, 1.807) is 19.9 Å². The summed E-state index contributed by atoms with van der Waals surface area (Å²) in [4.78, 5) is 32.9. The van der Waals surface area contributed by atoms with Gasteiger partial charge in [0, 0.05) is 0 Å². The summed E-state index contributed by atoms with van der Waals surface area (Å²) in [6.07, 6.45) is 3.66. The molecule has 2 aromatic carbocycles. The Morgan fingerprint density at radius 2 is 1.77 bits per heavy atom. The summed E-state index contributed by atoms with van der Waals surface area (Å²) in [7, 11) is 0. The number of fused-ring (bicyclic) bond motifs is 1. The van der Waals surface area contributed by atoms with E-state index in [-0.39, 0.29) is 12.2 Å². The number of hydrogen-bond acceptors (Lipinski definition) is 5. The third-order valence-corrected chi connectivity index (χ3v) is 5.90. The van der Waals surface area contributed by atoms with Crippen molar-refractivity contribution in [2.75, 3.05) is 6.61 Å². The molecule has 0 aliphatic rings. The topological polar surface area (TPSA) is 72.0 Å². The fourth-order valence-corrected chi connectivity index (χ4v) is 4.31. The largest absolute Gasteiger partial charge is 0.462 e. The second-order valence-corrected chi connectivity index (χ2v) is 7.73. The van der Waals surface area contributed by atoms with Gasteiger partial charge < -0.3 is 9.72 Å². The van der Waals surface area contributed by atoms with E-state index >= 15 is 0 Å². The summed E-state index contributed by atoms with van der Waals surface area (Å²) in [6.45, 7) is 3.78. The molecule has 0 fully saturated rings. The number of aryl methyl sites for hydroxylation is 1. The Labute approximate surface area is 177 Å². The van der Waals surface area contributed by atoms with Crippen molar-refractivity contribution in [2.45, 2.75) is 13.8 Å². The number of H-pyrrole nitrogens is 1. The van der Waals surface area contributed by atoms with Crippen molar-refractivity contribution in [1.82, 2.24) is 9.97 Å². The second-order valence-electron chi connectivity index (χ2n) is 6.73. The lowest BCUT2D eigenvalue weighted by molar-refractivity contribution is 0.0531. The minimum absolute atomic E-state index is 0.261. The number of hydrogen-bond donors (Lipinski definition) is 1. The van der Waals surface area contributed by atoms with Crippen molar-refractivity contribution in [1.29, 1.82) is 0 Å². The number of carbonyl (C=O) groups is 1. The second kappa shape index (κ2) is 8.47. The molecule has 4 aromatic rings. The highest BCUT2D eigenvalue weighted by atomic mass is 32.1. The molecule has 0 amide bonds. The third-order valence-electron chi connectivity index (χ3n) is 4.73. The maximum Gasteiger partial charge on any atom is 0.348 e. The Kier molecular flexibility index (Phi) is 5.59. The van der Waals surface area contributed by atoms with Crippen LogP contribution in [0.1, 0.15) is 33.5 Å². The molecule has 1 N–H and O–H groups in total. The van der Waals surface area contributed by atoms with E-state index in [1.807, 2.05) is 36.4 Å². The molecule has 0 saturated heterocycles. The van der Waals surface area contributed by atoms with Gasteiger partial charge in [0.15, 0.2) is 0 Å².